The molecule has 1 aromatic carbocycles. The maximum atomic E-state index is 12.7. The Morgan fingerprint density at radius 1 is 1.24 bits per heavy atom. The third kappa shape index (κ3) is 4.53. The number of hydrogen-bond acceptors (Lipinski definition) is 5. The molecule has 1 amide bonds. The molecule has 1 aliphatic rings. The summed E-state index contributed by atoms with van der Waals surface area (Å²) in [5.74, 6) is 0.179. The fraction of sp³-hybridized carbons (Fsp3) is 0.333. The van der Waals surface area contributed by atoms with Crippen LogP contribution in [0.1, 0.15) is 29.6 Å². The highest BCUT2D eigenvalue weighted by atomic mass is 16.5. The topological polar surface area (TPSA) is 92.6 Å². The molecule has 0 radical (unpaired) electrons. The van der Waals surface area contributed by atoms with Crippen LogP contribution < -0.4 is 4.74 Å². The van der Waals surface area contributed by atoms with Crippen LogP contribution in [0.25, 0.3) is 0 Å². The summed E-state index contributed by atoms with van der Waals surface area (Å²) < 4.78 is 5.61. The Kier molecular flexibility index (Phi) is 5.23. The van der Waals surface area contributed by atoms with Gasteiger partial charge in [-0.3, -0.25) is 14.6 Å². The lowest BCUT2D eigenvalue weighted by Gasteiger charge is -2.31. The van der Waals surface area contributed by atoms with E-state index < -0.39 is 5.97 Å². The molecule has 0 aliphatic carbocycles. The van der Waals surface area contributed by atoms with Crippen molar-refractivity contribution in [2.75, 3.05) is 13.1 Å². The van der Waals surface area contributed by atoms with E-state index in [1.807, 2.05) is 0 Å². The van der Waals surface area contributed by atoms with Crippen molar-refractivity contribution in [2.24, 2.45) is 5.92 Å². The number of amides is 1. The molecule has 7 nitrogen and oxygen atoms in total. The molecule has 0 atom stereocenters. The lowest BCUT2D eigenvalue weighted by Crippen LogP contribution is -2.38. The van der Waals surface area contributed by atoms with Crippen LogP contribution >= 0.6 is 0 Å². The Labute approximate surface area is 145 Å². The van der Waals surface area contributed by atoms with Gasteiger partial charge in [-0.2, -0.15) is 0 Å². The van der Waals surface area contributed by atoms with Crippen molar-refractivity contribution in [1.82, 2.24) is 14.9 Å². The van der Waals surface area contributed by atoms with Gasteiger partial charge in [-0.15, -0.1) is 0 Å². The number of aliphatic carboxylic acids is 1. The van der Waals surface area contributed by atoms with Crippen molar-refractivity contribution in [3.8, 4) is 11.6 Å². The van der Waals surface area contributed by atoms with Crippen molar-refractivity contribution in [3.05, 3.63) is 48.4 Å². The highest BCUT2D eigenvalue weighted by Gasteiger charge is 2.25. The van der Waals surface area contributed by atoms with Crippen LogP contribution in [-0.4, -0.2) is 44.9 Å². The molecule has 0 bridgehead atoms. The Balaban J connectivity index is 1.63. The third-order valence-electron chi connectivity index (χ3n) is 4.21. The fourth-order valence-corrected chi connectivity index (χ4v) is 2.92. The minimum Gasteiger partial charge on any atom is -0.481 e. The number of benzene rings is 1. The maximum absolute atomic E-state index is 12.7. The van der Waals surface area contributed by atoms with Gasteiger partial charge < -0.3 is 14.7 Å². The molecular weight excluding hydrogens is 322 g/mol. The molecular formula is C18H19N3O4. The van der Waals surface area contributed by atoms with Crippen LogP contribution in [0.2, 0.25) is 0 Å². The van der Waals surface area contributed by atoms with Crippen molar-refractivity contribution < 1.29 is 19.4 Å². The van der Waals surface area contributed by atoms with E-state index in [0.717, 1.165) is 0 Å². The summed E-state index contributed by atoms with van der Waals surface area (Å²) in [6.45, 7) is 1.15. The molecule has 3 rings (SSSR count). The summed E-state index contributed by atoms with van der Waals surface area (Å²) >= 11 is 0. The fourth-order valence-electron chi connectivity index (χ4n) is 2.92. The Bertz CT molecular complexity index is 743. The first-order chi connectivity index (χ1) is 12.1. The van der Waals surface area contributed by atoms with Crippen LogP contribution in [0.3, 0.4) is 0 Å². The van der Waals surface area contributed by atoms with E-state index in [0.29, 0.717) is 43.1 Å². The molecule has 1 aromatic heterocycles. The number of carboxylic acids is 1. The smallest absolute Gasteiger partial charge is 0.303 e. The molecule has 1 fully saturated rings. The van der Waals surface area contributed by atoms with Crippen molar-refractivity contribution in [3.63, 3.8) is 0 Å². The zero-order chi connectivity index (χ0) is 17.6. The lowest BCUT2D eigenvalue weighted by atomic mass is 9.93. The maximum Gasteiger partial charge on any atom is 0.303 e. The number of piperidine rings is 1. The molecule has 0 spiro atoms. The first kappa shape index (κ1) is 16.9. The van der Waals surface area contributed by atoms with Crippen molar-refractivity contribution in [2.45, 2.75) is 19.3 Å². The third-order valence-corrected chi connectivity index (χ3v) is 4.21. The van der Waals surface area contributed by atoms with E-state index >= 15 is 0 Å². The quantitative estimate of drug-likeness (QED) is 0.898. The van der Waals surface area contributed by atoms with Gasteiger partial charge in [0.25, 0.3) is 5.91 Å². The number of carbonyl (C=O) groups is 2. The van der Waals surface area contributed by atoms with Crippen molar-refractivity contribution in [1.29, 1.82) is 0 Å². The monoisotopic (exact) mass is 341 g/mol. The van der Waals surface area contributed by atoms with Gasteiger partial charge in [-0.1, -0.05) is 6.07 Å². The predicted octanol–water partition coefficient (Wildman–Crippen LogP) is 2.60. The first-order valence-corrected chi connectivity index (χ1v) is 8.17. The van der Waals surface area contributed by atoms with Crippen molar-refractivity contribution >= 4 is 11.9 Å². The summed E-state index contributed by atoms with van der Waals surface area (Å²) in [4.78, 5) is 33.2. The molecule has 7 heteroatoms. The van der Waals surface area contributed by atoms with Gasteiger partial charge in [0.1, 0.15) is 5.75 Å². The summed E-state index contributed by atoms with van der Waals surface area (Å²) in [5, 5.41) is 8.87. The normalized spacial score (nSPS) is 15.0. The van der Waals surface area contributed by atoms with Gasteiger partial charge in [-0.05, 0) is 37.0 Å². The Morgan fingerprint density at radius 2 is 2.04 bits per heavy atom. The lowest BCUT2D eigenvalue weighted by molar-refractivity contribution is -0.138. The second kappa shape index (κ2) is 7.74. The van der Waals surface area contributed by atoms with Gasteiger partial charge in [0.2, 0.25) is 5.88 Å². The van der Waals surface area contributed by atoms with Gasteiger partial charge >= 0.3 is 5.97 Å². The van der Waals surface area contributed by atoms with Crippen LogP contribution in [0.5, 0.6) is 11.6 Å². The Hall–Kier alpha value is -2.96. The largest absolute Gasteiger partial charge is 0.481 e. The van der Waals surface area contributed by atoms with Gasteiger partial charge in [0.15, 0.2) is 0 Å². The van der Waals surface area contributed by atoms with E-state index in [2.05, 4.69) is 9.97 Å². The standard InChI is InChI=1S/C18H19N3O4/c22-17(23)10-13-4-8-21(9-5-13)18(24)14-2-1-3-15(11-14)25-16-12-19-6-7-20-16/h1-3,6-7,11-13H,4-5,8-10H2,(H,22,23). The zero-order valence-corrected chi connectivity index (χ0v) is 13.7. The molecule has 2 heterocycles. The van der Waals surface area contributed by atoms with E-state index in [9.17, 15) is 9.59 Å². The second-order valence-corrected chi connectivity index (χ2v) is 6.01. The molecule has 0 unspecified atom stereocenters. The van der Waals surface area contributed by atoms with Crippen LogP contribution in [0.4, 0.5) is 0 Å². The second-order valence-electron chi connectivity index (χ2n) is 6.01. The van der Waals surface area contributed by atoms with Gasteiger partial charge in [-0.25, -0.2) is 4.98 Å². The SMILES string of the molecule is O=C(O)CC1CCN(C(=O)c2cccc(Oc3cnccn3)c2)CC1. The Morgan fingerprint density at radius 3 is 2.72 bits per heavy atom. The van der Waals surface area contributed by atoms with E-state index in [4.69, 9.17) is 9.84 Å². The highest BCUT2D eigenvalue weighted by molar-refractivity contribution is 5.94. The summed E-state index contributed by atoms with van der Waals surface area (Å²) in [6, 6.07) is 6.94. The zero-order valence-electron chi connectivity index (χ0n) is 13.7. The summed E-state index contributed by atoms with van der Waals surface area (Å²) in [7, 11) is 0. The molecule has 130 valence electrons. The molecule has 1 N–H and O–H groups in total. The molecule has 0 saturated carbocycles. The van der Waals surface area contributed by atoms with Gasteiger partial charge in [0, 0.05) is 37.5 Å². The average molecular weight is 341 g/mol. The summed E-state index contributed by atoms with van der Waals surface area (Å²) in [6.07, 6.45) is 6.19. The molecule has 1 aliphatic heterocycles. The van der Waals surface area contributed by atoms with E-state index in [-0.39, 0.29) is 18.2 Å². The molecule has 1 saturated heterocycles. The highest BCUT2D eigenvalue weighted by Crippen LogP contribution is 2.24. The summed E-state index contributed by atoms with van der Waals surface area (Å²) in [5.41, 5.74) is 0.540. The van der Waals surface area contributed by atoms with E-state index in [1.165, 1.54) is 12.4 Å². The van der Waals surface area contributed by atoms with E-state index in [1.54, 1.807) is 35.4 Å². The molecule has 2 aromatic rings. The van der Waals surface area contributed by atoms with Crippen LogP contribution in [0.15, 0.2) is 42.9 Å². The predicted molar refractivity (Wildman–Crippen MR) is 89.4 cm³/mol. The number of rotatable bonds is 5. The average Bonchev–Trinajstić information content (AvgIpc) is 2.62. The number of hydrogen-bond donors (Lipinski definition) is 1. The number of aromatic nitrogens is 2. The minimum atomic E-state index is -0.779. The number of carbonyl (C=O) groups excluding carboxylic acids is 1. The molecule has 25 heavy (non-hydrogen) atoms. The number of likely N-dealkylation sites (tertiary alicyclic amines) is 1. The van der Waals surface area contributed by atoms with Crippen LogP contribution in [-0.2, 0) is 4.79 Å². The number of carboxylic acid groups (broad SMARTS) is 1. The minimum absolute atomic E-state index is 0.0710. The number of nitrogens with zero attached hydrogens (tertiary/aromatic N) is 3. The first-order valence-electron chi connectivity index (χ1n) is 8.17. The van der Waals surface area contributed by atoms with Gasteiger partial charge in [0.05, 0.1) is 6.20 Å². The van der Waals surface area contributed by atoms with Crippen LogP contribution in [0, 0.1) is 5.92 Å². The number of ether oxygens (including phenoxy) is 1.